The van der Waals surface area contributed by atoms with E-state index < -0.39 is 0 Å². The zero-order valence-electron chi connectivity index (χ0n) is 12.4. The molecule has 0 heterocycles. The molecular weight excluding hydrogens is 230 g/mol. The zero-order chi connectivity index (χ0) is 13.9. The molecule has 2 rings (SSSR count). The molecule has 0 atom stereocenters. The lowest BCUT2D eigenvalue weighted by molar-refractivity contribution is 0.585. The number of nitrogens with zero attached hydrogens (tertiary/aromatic N) is 1. The molecule has 0 radical (unpaired) electrons. The average Bonchev–Trinajstić information content (AvgIpc) is 2.74. The normalized spacial score (nSPS) is 15.8. The minimum absolute atomic E-state index is 0.0129. The van der Waals surface area contributed by atoms with Crippen LogP contribution in [0, 0.1) is 0 Å². The summed E-state index contributed by atoms with van der Waals surface area (Å²) in [6, 6.07) is 8.68. The van der Waals surface area contributed by atoms with Crippen molar-refractivity contribution in [2.75, 3.05) is 0 Å². The Morgan fingerprint density at radius 2 is 1.95 bits per heavy atom. The summed E-state index contributed by atoms with van der Waals surface area (Å²) >= 11 is 0. The van der Waals surface area contributed by atoms with E-state index in [1.54, 1.807) is 0 Å². The molecule has 1 heteroatoms. The van der Waals surface area contributed by atoms with Gasteiger partial charge in [-0.3, -0.25) is 4.99 Å². The van der Waals surface area contributed by atoms with Crippen molar-refractivity contribution in [3.05, 3.63) is 53.1 Å². The summed E-state index contributed by atoms with van der Waals surface area (Å²) in [7, 11) is 0. The smallest absolute Gasteiger partial charge is 0.0520 e. The molecule has 1 aromatic rings. The number of rotatable bonds is 3. The lowest BCUT2D eigenvalue weighted by Gasteiger charge is -2.13. The van der Waals surface area contributed by atoms with E-state index in [9.17, 15) is 0 Å². The Balaban J connectivity index is 2.23. The number of allylic oxidation sites excluding steroid dienone is 4. The highest BCUT2D eigenvalue weighted by Crippen LogP contribution is 2.30. The minimum atomic E-state index is 0.0129. The van der Waals surface area contributed by atoms with Gasteiger partial charge in [-0.1, -0.05) is 36.4 Å². The van der Waals surface area contributed by atoms with Crippen molar-refractivity contribution in [1.29, 1.82) is 0 Å². The van der Waals surface area contributed by atoms with Gasteiger partial charge in [-0.25, -0.2) is 0 Å². The molecule has 1 aliphatic carbocycles. The van der Waals surface area contributed by atoms with E-state index in [0.29, 0.717) is 0 Å². The SMILES string of the molecule is CC1=C(c2ccccc2CC=NC(C)(C)C)CC=C1. The predicted octanol–water partition coefficient (Wildman–Crippen LogP) is 4.83. The highest BCUT2D eigenvalue weighted by molar-refractivity contribution is 5.78. The van der Waals surface area contributed by atoms with Gasteiger partial charge in [0.1, 0.15) is 0 Å². The first kappa shape index (κ1) is 13.8. The third-order valence-electron chi connectivity index (χ3n) is 3.30. The largest absolute Gasteiger partial charge is 0.291 e. The number of aliphatic imine (C=N–C) groups is 1. The van der Waals surface area contributed by atoms with E-state index >= 15 is 0 Å². The molecular formula is C18H23N. The lowest BCUT2D eigenvalue weighted by atomic mass is 9.95. The van der Waals surface area contributed by atoms with Crippen LogP contribution in [0.25, 0.3) is 5.57 Å². The van der Waals surface area contributed by atoms with Gasteiger partial charge in [-0.2, -0.15) is 0 Å². The quantitative estimate of drug-likeness (QED) is 0.684. The monoisotopic (exact) mass is 253 g/mol. The van der Waals surface area contributed by atoms with Gasteiger partial charge in [0.05, 0.1) is 5.54 Å². The molecule has 0 saturated carbocycles. The summed E-state index contributed by atoms with van der Waals surface area (Å²) in [6.45, 7) is 8.58. The van der Waals surface area contributed by atoms with Crippen molar-refractivity contribution in [2.24, 2.45) is 4.99 Å². The first-order valence-electron chi connectivity index (χ1n) is 6.95. The van der Waals surface area contributed by atoms with Crippen molar-refractivity contribution in [3.8, 4) is 0 Å². The van der Waals surface area contributed by atoms with Gasteiger partial charge in [-0.15, -0.1) is 0 Å². The van der Waals surface area contributed by atoms with Gasteiger partial charge < -0.3 is 0 Å². The second-order valence-electron chi connectivity index (χ2n) is 6.11. The molecule has 0 aliphatic heterocycles. The van der Waals surface area contributed by atoms with Gasteiger partial charge in [-0.05, 0) is 56.4 Å². The maximum atomic E-state index is 4.58. The van der Waals surface area contributed by atoms with Crippen LogP contribution in [0.3, 0.4) is 0 Å². The minimum Gasteiger partial charge on any atom is -0.291 e. The average molecular weight is 253 g/mol. The Hall–Kier alpha value is -1.63. The van der Waals surface area contributed by atoms with Crippen LogP contribution in [-0.4, -0.2) is 11.8 Å². The summed E-state index contributed by atoms with van der Waals surface area (Å²) in [5.41, 5.74) is 5.61. The number of hydrogen-bond acceptors (Lipinski definition) is 1. The third kappa shape index (κ3) is 3.66. The zero-order valence-corrected chi connectivity index (χ0v) is 12.4. The Labute approximate surface area is 116 Å². The van der Waals surface area contributed by atoms with E-state index in [1.165, 1.54) is 22.3 Å². The fourth-order valence-corrected chi connectivity index (χ4v) is 2.35. The molecule has 0 fully saturated rings. The second kappa shape index (κ2) is 5.56. The van der Waals surface area contributed by atoms with Crippen LogP contribution in [-0.2, 0) is 6.42 Å². The fourth-order valence-electron chi connectivity index (χ4n) is 2.35. The molecule has 1 nitrogen and oxygen atoms in total. The van der Waals surface area contributed by atoms with Gasteiger partial charge in [0.2, 0.25) is 0 Å². The first-order valence-corrected chi connectivity index (χ1v) is 6.95. The maximum absolute atomic E-state index is 4.58. The lowest BCUT2D eigenvalue weighted by Crippen LogP contribution is -2.10. The van der Waals surface area contributed by atoms with Crippen molar-refractivity contribution in [3.63, 3.8) is 0 Å². The fraction of sp³-hybridized carbons (Fsp3) is 0.389. The molecule has 0 N–H and O–H groups in total. The van der Waals surface area contributed by atoms with Crippen LogP contribution >= 0.6 is 0 Å². The summed E-state index contributed by atoms with van der Waals surface area (Å²) < 4.78 is 0. The molecule has 19 heavy (non-hydrogen) atoms. The molecule has 0 saturated heterocycles. The highest BCUT2D eigenvalue weighted by Gasteiger charge is 2.11. The van der Waals surface area contributed by atoms with Gasteiger partial charge >= 0.3 is 0 Å². The summed E-state index contributed by atoms with van der Waals surface area (Å²) in [5, 5.41) is 0. The first-order chi connectivity index (χ1) is 8.97. The maximum Gasteiger partial charge on any atom is 0.0520 e. The topological polar surface area (TPSA) is 12.4 Å². The van der Waals surface area contributed by atoms with Crippen molar-refractivity contribution >= 4 is 11.8 Å². The predicted molar refractivity (Wildman–Crippen MR) is 84.7 cm³/mol. The standard InChI is InChI=1S/C18H23N/c1-14-8-7-11-16(14)17-10-6-5-9-15(17)12-13-19-18(2,3)4/h5-10,13H,11-12H2,1-4H3. The van der Waals surface area contributed by atoms with Crippen molar-refractivity contribution in [1.82, 2.24) is 0 Å². The van der Waals surface area contributed by atoms with Crippen molar-refractivity contribution < 1.29 is 0 Å². The molecule has 0 spiro atoms. The molecule has 100 valence electrons. The molecule has 0 bridgehead atoms. The van der Waals surface area contributed by atoms with E-state index in [0.717, 1.165) is 12.8 Å². The van der Waals surface area contributed by atoms with E-state index in [1.807, 2.05) is 0 Å². The molecule has 1 aromatic carbocycles. The van der Waals surface area contributed by atoms with E-state index in [4.69, 9.17) is 0 Å². The molecule has 0 amide bonds. The van der Waals surface area contributed by atoms with Crippen LogP contribution in [0.5, 0.6) is 0 Å². The highest BCUT2D eigenvalue weighted by atomic mass is 14.8. The van der Waals surface area contributed by atoms with Crippen LogP contribution in [0.2, 0.25) is 0 Å². The van der Waals surface area contributed by atoms with Gasteiger partial charge in [0.25, 0.3) is 0 Å². The summed E-state index contributed by atoms with van der Waals surface area (Å²) in [6.07, 6.45) is 8.47. The Kier molecular flexibility index (Phi) is 4.04. The van der Waals surface area contributed by atoms with Crippen LogP contribution in [0.4, 0.5) is 0 Å². The summed E-state index contributed by atoms with van der Waals surface area (Å²) in [4.78, 5) is 4.58. The Bertz CT molecular complexity index is 539. The third-order valence-corrected chi connectivity index (χ3v) is 3.30. The summed E-state index contributed by atoms with van der Waals surface area (Å²) in [5.74, 6) is 0. The Morgan fingerprint density at radius 1 is 1.21 bits per heavy atom. The van der Waals surface area contributed by atoms with E-state index in [-0.39, 0.29) is 5.54 Å². The van der Waals surface area contributed by atoms with Crippen LogP contribution < -0.4 is 0 Å². The molecule has 0 unspecified atom stereocenters. The second-order valence-corrected chi connectivity index (χ2v) is 6.11. The van der Waals surface area contributed by atoms with Crippen molar-refractivity contribution in [2.45, 2.75) is 46.1 Å². The number of hydrogen-bond donors (Lipinski definition) is 0. The van der Waals surface area contributed by atoms with Crippen LogP contribution in [0.15, 0.2) is 47.0 Å². The van der Waals surface area contributed by atoms with Gasteiger partial charge in [0, 0.05) is 12.6 Å². The Morgan fingerprint density at radius 3 is 2.58 bits per heavy atom. The number of benzene rings is 1. The molecule has 1 aliphatic rings. The van der Waals surface area contributed by atoms with Crippen LogP contribution in [0.1, 0.15) is 45.2 Å². The molecule has 0 aromatic heterocycles. The van der Waals surface area contributed by atoms with Gasteiger partial charge in [0.15, 0.2) is 0 Å². The van der Waals surface area contributed by atoms with E-state index in [2.05, 4.69) is 75.3 Å².